The van der Waals surface area contributed by atoms with Crippen molar-refractivity contribution in [3.05, 3.63) is 120 Å². The molecule has 0 bridgehead atoms. The monoisotopic (exact) mass is 916 g/mol. The summed E-state index contributed by atoms with van der Waals surface area (Å²) in [6.45, 7) is 6.14. The number of carbonyl (C=O) groups is 4. The highest BCUT2D eigenvalue weighted by Crippen LogP contribution is 2.40. The molecule has 0 spiro atoms. The quantitative estimate of drug-likeness (QED) is 0.0942. The number of imidazole rings is 2. The van der Waals surface area contributed by atoms with Gasteiger partial charge in [0.25, 0.3) is 0 Å². The minimum Gasteiger partial charge on any atom is -0.453 e. The van der Waals surface area contributed by atoms with Gasteiger partial charge in [-0.15, -0.1) is 0 Å². The standard InChI is InChI=1S/C54H60N8O6/c1-4-54(5-2,60-53(66)67-3)52(65)62-26-10-14-45(62)49-56-42-22-20-39-30-38(19-21-41(39)47(42)58-49)35-15-16-37-31-40(18-17-36(37)29-35)43-32-55-48(57-43)44-13-9-25-61(44)51(64)46(33-11-7-6-8-12-33)59-50(63)34-23-27-68-28-24-34/h6-8,11-12,15-19,21,29-32,34,44-46H,4-5,9-10,13-14,20,22-28H2,1-3H3,(H,55,57)(H,56,58)(H,59,63)(H,60,66). The first kappa shape index (κ1) is 45.0. The number of ether oxygens (including phenoxy) is 2. The van der Waals surface area contributed by atoms with E-state index in [1.165, 1.54) is 12.7 Å². The Morgan fingerprint density at radius 3 is 2.21 bits per heavy atom. The number of aromatic nitrogens is 4. The first-order chi connectivity index (χ1) is 33.2. The van der Waals surface area contributed by atoms with Crippen LogP contribution in [0.1, 0.15) is 112 Å². The molecule has 1 aliphatic carbocycles. The molecule has 5 heterocycles. The molecular formula is C54H60N8O6. The number of methoxy groups -OCH3 is 1. The van der Waals surface area contributed by atoms with E-state index in [9.17, 15) is 19.2 Å². The fraction of sp³-hybridized carbons (Fsp3) is 0.407. The first-order valence-corrected chi connectivity index (χ1v) is 24.4. The fourth-order valence-electron chi connectivity index (χ4n) is 10.9. The van der Waals surface area contributed by atoms with Crippen LogP contribution in [0.3, 0.4) is 0 Å². The zero-order valence-corrected chi connectivity index (χ0v) is 39.1. The third-order valence-electron chi connectivity index (χ3n) is 15.0. The topological polar surface area (TPSA) is 175 Å². The van der Waals surface area contributed by atoms with Gasteiger partial charge in [-0.25, -0.2) is 14.8 Å². The first-order valence-electron chi connectivity index (χ1n) is 24.4. The normalized spacial score (nSPS) is 18.8. The molecule has 4 amide bonds. The summed E-state index contributed by atoms with van der Waals surface area (Å²) in [4.78, 5) is 75.2. The molecule has 4 aliphatic rings. The Morgan fingerprint density at radius 2 is 1.47 bits per heavy atom. The molecule has 14 heteroatoms. The third-order valence-corrected chi connectivity index (χ3v) is 15.0. The van der Waals surface area contributed by atoms with Crippen LogP contribution < -0.4 is 10.6 Å². The number of aryl methyl sites for hydroxylation is 2. The van der Waals surface area contributed by atoms with Crippen molar-refractivity contribution in [2.24, 2.45) is 5.92 Å². The largest absolute Gasteiger partial charge is 0.453 e. The highest BCUT2D eigenvalue weighted by atomic mass is 16.5. The number of fused-ring (bicyclic) bond motifs is 4. The summed E-state index contributed by atoms with van der Waals surface area (Å²) in [5, 5.41) is 8.19. The molecule has 2 aromatic heterocycles. The van der Waals surface area contributed by atoms with Gasteiger partial charge in [0.2, 0.25) is 17.7 Å². The van der Waals surface area contributed by atoms with Crippen molar-refractivity contribution in [3.8, 4) is 33.6 Å². The second kappa shape index (κ2) is 19.1. The molecule has 6 aromatic rings. The van der Waals surface area contributed by atoms with Crippen molar-refractivity contribution in [1.29, 1.82) is 0 Å². The number of hydrogen-bond acceptors (Lipinski definition) is 8. The van der Waals surface area contributed by atoms with Crippen molar-refractivity contribution < 1.29 is 28.7 Å². The number of aromatic amines is 2. The van der Waals surface area contributed by atoms with Crippen LogP contribution in [0.5, 0.6) is 0 Å². The molecule has 0 radical (unpaired) electrons. The number of hydrogen-bond donors (Lipinski definition) is 4. The molecule has 68 heavy (non-hydrogen) atoms. The Hall–Kier alpha value is -6.80. The summed E-state index contributed by atoms with van der Waals surface area (Å²) in [5.41, 5.74) is 8.28. The highest BCUT2D eigenvalue weighted by molar-refractivity contribution is 5.92. The van der Waals surface area contributed by atoms with E-state index in [-0.39, 0.29) is 35.7 Å². The van der Waals surface area contributed by atoms with Crippen LogP contribution in [0, 0.1) is 5.92 Å². The van der Waals surface area contributed by atoms with Crippen molar-refractivity contribution in [1.82, 2.24) is 40.4 Å². The predicted octanol–water partition coefficient (Wildman–Crippen LogP) is 8.91. The zero-order chi connectivity index (χ0) is 46.9. The van der Waals surface area contributed by atoms with Crippen LogP contribution in [-0.2, 0) is 36.7 Å². The second-order valence-electron chi connectivity index (χ2n) is 18.8. The Morgan fingerprint density at radius 1 is 0.794 bits per heavy atom. The number of rotatable bonds is 12. The smallest absolute Gasteiger partial charge is 0.407 e. The van der Waals surface area contributed by atoms with E-state index in [2.05, 4.69) is 75.2 Å². The lowest BCUT2D eigenvalue weighted by Gasteiger charge is -2.36. The second-order valence-corrected chi connectivity index (χ2v) is 18.8. The van der Waals surface area contributed by atoms with Gasteiger partial charge in [0.1, 0.15) is 23.2 Å². The maximum absolute atomic E-state index is 14.4. The van der Waals surface area contributed by atoms with Gasteiger partial charge in [0.05, 0.1) is 36.8 Å². The minimum absolute atomic E-state index is 0.0962. The maximum Gasteiger partial charge on any atom is 0.407 e. The van der Waals surface area contributed by atoms with Gasteiger partial charge in [-0.05, 0) is 109 Å². The van der Waals surface area contributed by atoms with Crippen LogP contribution in [0.25, 0.3) is 44.4 Å². The molecule has 0 saturated carbocycles. The average Bonchev–Trinajstić information content (AvgIpc) is 4.24. The Balaban J connectivity index is 0.839. The predicted molar refractivity (Wildman–Crippen MR) is 259 cm³/mol. The van der Waals surface area contributed by atoms with E-state index in [0.717, 1.165) is 106 Å². The maximum atomic E-state index is 14.4. The number of benzene rings is 4. The van der Waals surface area contributed by atoms with Crippen LogP contribution >= 0.6 is 0 Å². The molecule has 14 nitrogen and oxygen atoms in total. The van der Waals surface area contributed by atoms with Gasteiger partial charge >= 0.3 is 6.09 Å². The lowest BCUT2D eigenvalue weighted by molar-refractivity contribution is -0.140. The molecule has 3 unspecified atom stereocenters. The van der Waals surface area contributed by atoms with E-state index >= 15 is 0 Å². The summed E-state index contributed by atoms with van der Waals surface area (Å²) in [5.74, 6) is 1.04. The molecule has 352 valence electrons. The molecule has 3 saturated heterocycles. The molecule has 3 aliphatic heterocycles. The van der Waals surface area contributed by atoms with E-state index in [1.54, 1.807) is 0 Å². The number of carbonyl (C=O) groups excluding carboxylic acids is 4. The number of alkyl carbamates (subject to hydrolysis) is 1. The highest BCUT2D eigenvalue weighted by Gasteiger charge is 2.45. The van der Waals surface area contributed by atoms with Crippen LogP contribution in [0.2, 0.25) is 0 Å². The number of nitrogens with one attached hydrogen (secondary N) is 4. The molecule has 3 fully saturated rings. The molecule has 3 atom stereocenters. The Kier molecular flexibility index (Phi) is 12.6. The molecule has 10 rings (SSSR count). The van der Waals surface area contributed by atoms with E-state index in [4.69, 9.17) is 19.4 Å². The lowest BCUT2D eigenvalue weighted by atomic mass is 9.89. The number of amides is 4. The summed E-state index contributed by atoms with van der Waals surface area (Å²) in [7, 11) is 1.32. The zero-order valence-electron chi connectivity index (χ0n) is 39.1. The van der Waals surface area contributed by atoms with Crippen molar-refractivity contribution in [3.63, 3.8) is 0 Å². The van der Waals surface area contributed by atoms with Crippen molar-refractivity contribution in [2.45, 2.75) is 102 Å². The van der Waals surface area contributed by atoms with Gasteiger partial charge < -0.3 is 39.9 Å². The Labute approximate surface area is 396 Å². The van der Waals surface area contributed by atoms with Gasteiger partial charge in [-0.2, -0.15) is 0 Å². The number of nitrogens with zero attached hydrogens (tertiary/aromatic N) is 4. The van der Waals surface area contributed by atoms with E-state index in [1.807, 2.05) is 60.2 Å². The summed E-state index contributed by atoms with van der Waals surface area (Å²) >= 11 is 0. The lowest BCUT2D eigenvalue weighted by Crippen LogP contribution is -2.59. The molecule has 4 N–H and O–H groups in total. The van der Waals surface area contributed by atoms with Crippen molar-refractivity contribution in [2.75, 3.05) is 33.4 Å². The van der Waals surface area contributed by atoms with Gasteiger partial charge in [-0.1, -0.05) is 86.6 Å². The number of H-pyrrole nitrogens is 2. The van der Waals surface area contributed by atoms with Crippen LogP contribution in [0.15, 0.2) is 91.1 Å². The fourth-order valence-corrected chi connectivity index (χ4v) is 10.9. The third kappa shape index (κ3) is 8.54. The summed E-state index contributed by atoms with van der Waals surface area (Å²) < 4.78 is 10.4. The van der Waals surface area contributed by atoms with Gasteiger partial charge in [-0.3, -0.25) is 14.4 Å². The molecular weight excluding hydrogens is 857 g/mol. The number of likely N-dealkylation sites (tertiary alicyclic amines) is 2. The van der Waals surface area contributed by atoms with Gasteiger partial charge in [0, 0.05) is 49.0 Å². The van der Waals surface area contributed by atoms with Crippen LogP contribution in [-0.4, -0.2) is 92.5 Å². The van der Waals surface area contributed by atoms with E-state index < -0.39 is 17.7 Å². The van der Waals surface area contributed by atoms with Crippen LogP contribution in [0.4, 0.5) is 4.79 Å². The van der Waals surface area contributed by atoms with E-state index in [0.29, 0.717) is 52.0 Å². The SMILES string of the molecule is CCC(CC)(NC(=O)OC)C(=O)N1CCCC1c1nc2c([nH]1)CCc1cc(-c3ccc4cc(-c5cnc(C6CCCN6C(=O)C(NC(=O)C6CCOCC6)c6ccccc6)[nH]5)ccc4c3)ccc1-2. The molecule has 4 aromatic carbocycles. The Bertz CT molecular complexity index is 2840. The van der Waals surface area contributed by atoms with Gasteiger partial charge in [0.15, 0.2) is 0 Å². The van der Waals surface area contributed by atoms with Crippen molar-refractivity contribution >= 4 is 34.6 Å². The average molecular weight is 917 g/mol. The minimum atomic E-state index is -1.04. The summed E-state index contributed by atoms with van der Waals surface area (Å²) in [6, 6.07) is 28.0. The summed E-state index contributed by atoms with van der Waals surface area (Å²) in [6.07, 6.45) is 8.45.